The van der Waals surface area contributed by atoms with Crippen molar-refractivity contribution in [3.63, 3.8) is 0 Å². The highest BCUT2D eigenvalue weighted by molar-refractivity contribution is 6.32. The first-order valence-corrected chi connectivity index (χ1v) is 6.54. The van der Waals surface area contributed by atoms with Crippen LogP contribution in [0.4, 0.5) is 0 Å². The Morgan fingerprint density at radius 2 is 1.94 bits per heavy atom. The van der Waals surface area contributed by atoms with E-state index < -0.39 is 5.60 Å². The van der Waals surface area contributed by atoms with Crippen molar-refractivity contribution in [3.05, 3.63) is 28.8 Å². The summed E-state index contributed by atoms with van der Waals surface area (Å²) in [4.78, 5) is 0. The van der Waals surface area contributed by atoms with Crippen LogP contribution in [-0.2, 0) is 10.3 Å². The number of halogens is 1. The smallest absolute Gasteiger partial charge is 0.137 e. The summed E-state index contributed by atoms with van der Waals surface area (Å²) in [6.45, 7) is 3.96. The Hall–Kier alpha value is -0.770. The average molecular weight is 271 g/mol. The van der Waals surface area contributed by atoms with Crippen molar-refractivity contribution in [2.24, 2.45) is 0 Å². The summed E-state index contributed by atoms with van der Waals surface area (Å²) in [7, 11) is 1.57. The zero-order chi connectivity index (χ0) is 13.3. The van der Waals surface area contributed by atoms with Crippen molar-refractivity contribution >= 4 is 11.6 Å². The molecule has 1 fully saturated rings. The minimum Gasteiger partial charge on any atom is -0.495 e. The van der Waals surface area contributed by atoms with E-state index in [4.69, 9.17) is 21.1 Å². The third-order valence-corrected chi connectivity index (χ3v) is 3.72. The van der Waals surface area contributed by atoms with Gasteiger partial charge in [0.2, 0.25) is 0 Å². The third-order valence-electron chi connectivity index (χ3n) is 3.40. The van der Waals surface area contributed by atoms with E-state index in [1.807, 2.05) is 26.0 Å². The van der Waals surface area contributed by atoms with Gasteiger partial charge in [-0.15, -0.1) is 0 Å². The molecule has 2 atom stereocenters. The van der Waals surface area contributed by atoms with Crippen molar-refractivity contribution in [2.75, 3.05) is 7.11 Å². The second-order valence-corrected chi connectivity index (χ2v) is 5.45. The predicted molar refractivity (Wildman–Crippen MR) is 71.1 cm³/mol. The van der Waals surface area contributed by atoms with E-state index in [9.17, 15) is 5.11 Å². The Labute approximate surface area is 113 Å². The molecule has 0 aliphatic carbocycles. The van der Waals surface area contributed by atoms with Crippen LogP contribution in [0.2, 0.25) is 5.02 Å². The molecule has 1 heterocycles. The van der Waals surface area contributed by atoms with E-state index in [-0.39, 0.29) is 12.2 Å². The molecule has 18 heavy (non-hydrogen) atoms. The van der Waals surface area contributed by atoms with E-state index >= 15 is 0 Å². The lowest BCUT2D eigenvalue weighted by atomic mass is 9.81. The Balaban J connectivity index is 2.34. The summed E-state index contributed by atoms with van der Waals surface area (Å²) in [5, 5.41) is 11.4. The Bertz CT molecular complexity index is 423. The van der Waals surface area contributed by atoms with Gasteiger partial charge in [0.1, 0.15) is 5.75 Å². The van der Waals surface area contributed by atoms with Crippen LogP contribution in [0.25, 0.3) is 0 Å². The molecule has 4 heteroatoms. The van der Waals surface area contributed by atoms with Gasteiger partial charge in [0.15, 0.2) is 0 Å². The minimum atomic E-state index is -0.866. The van der Waals surface area contributed by atoms with Gasteiger partial charge in [0.05, 0.1) is 29.9 Å². The molecule has 0 amide bonds. The van der Waals surface area contributed by atoms with Gasteiger partial charge in [-0.05, 0) is 31.5 Å². The molecule has 1 aliphatic rings. The summed E-state index contributed by atoms with van der Waals surface area (Å²) < 4.78 is 10.9. The molecule has 2 unspecified atom stereocenters. The first kappa shape index (κ1) is 13.7. The molecule has 0 aromatic heterocycles. The van der Waals surface area contributed by atoms with E-state index in [1.54, 1.807) is 13.2 Å². The molecule has 1 N–H and O–H groups in total. The van der Waals surface area contributed by atoms with Gasteiger partial charge in [-0.3, -0.25) is 0 Å². The lowest BCUT2D eigenvalue weighted by Crippen LogP contribution is -2.41. The minimum absolute atomic E-state index is 0.0421. The quantitative estimate of drug-likeness (QED) is 0.897. The fraction of sp³-hybridized carbons (Fsp3) is 0.571. The fourth-order valence-electron chi connectivity index (χ4n) is 2.71. The van der Waals surface area contributed by atoms with Crippen LogP contribution >= 0.6 is 11.6 Å². The monoisotopic (exact) mass is 270 g/mol. The van der Waals surface area contributed by atoms with Crippen LogP contribution < -0.4 is 4.74 Å². The van der Waals surface area contributed by atoms with Crippen molar-refractivity contribution in [2.45, 2.75) is 44.5 Å². The topological polar surface area (TPSA) is 38.7 Å². The summed E-state index contributed by atoms with van der Waals surface area (Å²) in [5.74, 6) is 0.592. The molecular weight excluding hydrogens is 252 g/mol. The maximum absolute atomic E-state index is 10.8. The predicted octanol–water partition coefficient (Wildman–Crippen LogP) is 3.12. The highest BCUT2D eigenvalue weighted by Gasteiger charge is 2.38. The second kappa shape index (κ2) is 5.08. The molecule has 2 rings (SSSR count). The van der Waals surface area contributed by atoms with Crippen LogP contribution in [0.3, 0.4) is 0 Å². The Morgan fingerprint density at radius 3 is 2.50 bits per heavy atom. The number of benzene rings is 1. The summed E-state index contributed by atoms with van der Waals surface area (Å²) in [6.07, 6.45) is 1.26. The van der Waals surface area contributed by atoms with Crippen molar-refractivity contribution in [1.82, 2.24) is 0 Å². The van der Waals surface area contributed by atoms with E-state index in [0.717, 1.165) is 5.56 Å². The molecule has 1 aromatic rings. The molecule has 1 aromatic carbocycles. The number of aliphatic hydroxyl groups is 1. The Morgan fingerprint density at radius 1 is 1.33 bits per heavy atom. The SMILES string of the molecule is COc1cc(C2(O)CC(C)OC(C)C2)ccc1Cl. The fourth-order valence-corrected chi connectivity index (χ4v) is 2.91. The molecule has 0 spiro atoms. The van der Waals surface area contributed by atoms with Gasteiger partial charge in [-0.2, -0.15) is 0 Å². The van der Waals surface area contributed by atoms with E-state index in [1.165, 1.54) is 0 Å². The van der Waals surface area contributed by atoms with E-state index in [2.05, 4.69) is 0 Å². The summed E-state index contributed by atoms with van der Waals surface area (Å²) >= 11 is 6.01. The maximum Gasteiger partial charge on any atom is 0.137 e. The van der Waals surface area contributed by atoms with Crippen molar-refractivity contribution in [1.29, 1.82) is 0 Å². The zero-order valence-electron chi connectivity index (χ0n) is 10.9. The molecule has 0 saturated carbocycles. The van der Waals surface area contributed by atoms with Crippen LogP contribution in [0, 0.1) is 0 Å². The first-order valence-electron chi connectivity index (χ1n) is 6.16. The van der Waals surface area contributed by atoms with Crippen LogP contribution in [0.5, 0.6) is 5.75 Å². The number of hydrogen-bond donors (Lipinski definition) is 1. The molecule has 3 nitrogen and oxygen atoms in total. The third kappa shape index (κ3) is 2.63. The zero-order valence-corrected chi connectivity index (χ0v) is 11.7. The standard InChI is InChI=1S/C14H19ClO3/c1-9-7-14(16,8-10(2)18-9)11-4-5-12(15)13(6-11)17-3/h4-6,9-10,16H,7-8H2,1-3H3. The normalized spacial score (nSPS) is 32.3. The average Bonchev–Trinajstić information content (AvgIpc) is 2.27. The molecule has 100 valence electrons. The Kier molecular flexibility index (Phi) is 3.85. The van der Waals surface area contributed by atoms with Gasteiger partial charge in [-0.1, -0.05) is 17.7 Å². The highest BCUT2D eigenvalue weighted by Crippen LogP contribution is 2.39. The first-order chi connectivity index (χ1) is 8.44. The van der Waals surface area contributed by atoms with Crippen molar-refractivity contribution in [3.8, 4) is 5.75 Å². The lowest BCUT2D eigenvalue weighted by Gasteiger charge is -2.39. The van der Waals surface area contributed by atoms with Crippen LogP contribution in [0.1, 0.15) is 32.3 Å². The summed E-state index contributed by atoms with van der Waals surface area (Å²) in [5.41, 5.74) is -0.0275. The second-order valence-electron chi connectivity index (χ2n) is 5.05. The van der Waals surface area contributed by atoms with E-state index in [0.29, 0.717) is 23.6 Å². The maximum atomic E-state index is 10.8. The van der Waals surface area contributed by atoms with Gasteiger partial charge < -0.3 is 14.6 Å². The largest absolute Gasteiger partial charge is 0.495 e. The lowest BCUT2D eigenvalue weighted by molar-refractivity contribution is -0.135. The number of rotatable bonds is 2. The van der Waals surface area contributed by atoms with Gasteiger partial charge in [0, 0.05) is 12.8 Å². The molecule has 1 saturated heterocycles. The number of ether oxygens (including phenoxy) is 2. The molecule has 0 radical (unpaired) electrons. The van der Waals surface area contributed by atoms with Crippen molar-refractivity contribution < 1.29 is 14.6 Å². The highest BCUT2D eigenvalue weighted by atomic mass is 35.5. The number of methoxy groups -OCH3 is 1. The van der Waals surface area contributed by atoms with Gasteiger partial charge in [0.25, 0.3) is 0 Å². The van der Waals surface area contributed by atoms with Gasteiger partial charge >= 0.3 is 0 Å². The molecular formula is C14H19ClO3. The summed E-state index contributed by atoms with van der Waals surface area (Å²) in [6, 6.07) is 5.43. The van der Waals surface area contributed by atoms with Gasteiger partial charge in [-0.25, -0.2) is 0 Å². The van der Waals surface area contributed by atoms with Crippen LogP contribution in [-0.4, -0.2) is 24.4 Å². The number of hydrogen-bond acceptors (Lipinski definition) is 3. The molecule has 1 aliphatic heterocycles. The molecule has 0 bridgehead atoms. The van der Waals surface area contributed by atoms with Crippen LogP contribution in [0.15, 0.2) is 18.2 Å².